The van der Waals surface area contributed by atoms with Crippen molar-refractivity contribution in [1.29, 1.82) is 0 Å². The molecule has 1 aromatic rings. The summed E-state index contributed by atoms with van der Waals surface area (Å²) in [6, 6.07) is 1.21. The fourth-order valence-electron chi connectivity index (χ4n) is 2.71. The van der Waals surface area contributed by atoms with Gasteiger partial charge in [0.15, 0.2) is 5.78 Å². The van der Waals surface area contributed by atoms with Crippen molar-refractivity contribution in [3.63, 3.8) is 0 Å². The Bertz CT molecular complexity index is 753. The number of hydrogen-bond donors (Lipinski definition) is 1. The number of fused-ring (bicyclic) bond motifs is 1. The Balaban J connectivity index is 2.50. The van der Waals surface area contributed by atoms with Crippen LogP contribution in [0, 0.1) is 0 Å². The number of Topliss-reactive ketones (excluding diaryl/α,β-unsaturated/α-hetero) is 1. The molecule has 0 unspecified atom stereocenters. The number of ketones is 2. The van der Waals surface area contributed by atoms with E-state index in [4.69, 9.17) is 21.1 Å². The number of esters is 1. The number of ether oxygens (including phenoxy) is 2. The van der Waals surface area contributed by atoms with E-state index < -0.39 is 12.1 Å². The van der Waals surface area contributed by atoms with Gasteiger partial charge in [0, 0.05) is 30.9 Å². The molecule has 140 valence electrons. The summed E-state index contributed by atoms with van der Waals surface area (Å²) >= 11 is 6.14. The maximum Gasteiger partial charge on any atom is 0.342 e. The Hall–Kier alpha value is -2.34. The number of rotatable bonds is 1. The third-order valence-electron chi connectivity index (χ3n) is 4.11. The molecule has 0 amide bonds. The van der Waals surface area contributed by atoms with Crippen LogP contribution in [-0.4, -0.2) is 35.9 Å². The van der Waals surface area contributed by atoms with Crippen molar-refractivity contribution in [2.45, 2.75) is 45.1 Å². The van der Waals surface area contributed by atoms with Gasteiger partial charge < -0.3 is 14.6 Å². The lowest BCUT2D eigenvalue weighted by atomic mass is 9.99. The van der Waals surface area contributed by atoms with Crippen molar-refractivity contribution in [3.05, 3.63) is 34.4 Å². The summed E-state index contributed by atoms with van der Waals surface area (Å²) in [5.74, 6) is -1.20. The largest absolute Gasteiger partial charge is 0.506 e. The predicted octanol–water partition coefficient (Wildman–Crippen LogP) is 3.41. The summed E-state index contributed by atoms with van der Waals surface area (Å²) in [6.07, 6.45) is 3.76. The first-order valence-electron chi connectivity index (χ1n) is 8.33. The van der Waals surface area contributed by atoms with Gasteiger partial charge in [-0.1, -0.05) is 17.7 Å². The first-order chi connectivity index (χ1) is 12.3. The molecule has 26 heavy (non-hydrogen) atoms. The number of benzene rings is 1. The molecule has 0 aromatic heterocycles. The van der Waals surface area contributed by atoms with Crippen LogP contribution < -0.4 is 4.74 Å². The summed E-state index contributed by atoms with van der Waals surface area (Å²) in [5, 5.41) is 9.89. The number of halogens is 1. The summed E-state index contributed by atoms with van der Waals surface area (Å²) in [4.78, 5) is 36.7. The van der Waals surface area contributed by atoms with E-state index >= 15 is 0 Å². The van der Waals surface area contributed by atoms with Crippen molar-refractivity contribution in [1.82, 2.24) is 0 Å². The molecule has 0 spiro atoms. The van der Waals surface area contributed by atoms with Gasteiger partial charge in [0.05, 0.1) is 18.2 Å². The molecule has 6 nitrogen and oxygen atoms in total. The molecule has 2 rings (SSSR count). The number of carbonyl (C=O) groups excluding carboxylic acids is 3. The average Bonchev–Trinajstić information content (AvgIpc) is 2.59. The van der Waals surface area contributed by atoms with Gasteiger partial charge in [-0.3, -0.25) is 9.59 Å². The van der Waals surface area contributed by atoms with Crippen molar-refractivity contribution < 1.29 is 29.0 Å². The first-order valence-corrected chi connectivity index (χ1v) is 8.71. The molecule has 7 heteroatoms. The molecule has 0 bridgehead atoms. The van der Waals surface area contributed by atoms with E-state index in [2.05, 4.69) is 0 Å². The normalized spacial score (nSPS) is 19.5. The van der Waals surface area contributed by atoms with Gasteiger partial charge in [-0.15, -0.1) is 0 Å². The molecule has 1 heterocycles. The molecule has 1 aromatic carbocycles. The van der Waals surface area contributed by atoms with E-state index in [0.29, 0.717) is 19.3 Å². The Morgan fingerprint density at radius 2 is 2.00 bits per heavy atom. The van der Waals surface area contributed by atoms with E-state index in [1.54, 1.807) is 13.0 Å². The Kier molecular flexibility index (Phi) is 6.80. The first kappa shape index (κ1) is 20.0. The Morgan fingerprint density at radius 3 is 2.69 bits per heavy atom. The summed E-state index contributed by atoms with van der Waals surface area (Å²) in [6.45, 7) is 1.69. The van der Waals surface area contributed by atoms with Crippen LogP contribution in [-0.2, 0) is 20.7 Å². The lowest BCUT2D eigenvalue weighted by Gasteiger charge is -2.18. The number of carbonyl (C=O) groups is 3. The van der Waals surface area contributed by atoms with Crippen LogP contribution in [0.15, 0.2) is 18.2 Å². The van der Waals surface area contributed by atoms with Crippen LogP contribution in [0.5, 0.6) is 11.5 Å². The smallest absolute Gasteiger partial charge is 0.342 e. The molecule has 0 aliphatic carbocycles. The molecule has 1 atom stereocenters. The standard InChI is InChI=1S/C19H21ClO6/c1-11-7-8-12(21)5-3-4-6-13(22)9-14-17(19(24)26-11)16(25-2)10-15(23)18(14)20/h4,6,10-11,23H,3,5,7-9H2,1-2H3/t11-/m0/s1. The lowest BCUT2D eigenvalue weighted by molar-refractivity contribution is -0.119. The molecule has 1 aliphatic rings. The van der Waals surface area contributed by atoms with Crippen LogP contribution in [0.3, 0.4) is 0 Å². The van der Waals surface area contributed by atoms with Gasteiger partial charge in [-0.2, -0.15) is 0 Å². The zero-order chi connectivity index (χ0) is 19.3. The summed E-state index contributed by atoms with van der Waals surface area (Å²) in [7, 11) is 1.34. The minimum Gasteiger partial charge on any atom is -0.506 e. The maximum absolute atomic E-state index is 12.7. The maximum atomic E-state index is 12.7. The quantitative estimate of drug-likeness (QED) is 0.751. The number of hydrogen-bond acceptors (Lipinski definition) is 6. The van der Waals surface area contributed by atoms with Crippen molar-refractivity contribution in [2.24, 2.45) is 0 Å². The van der Waals surface area contributed by atoms with Crippen LogP contribution in [0.1, 0.15) is 48.5 Å². The van der Waals surface area contributed by atoms with Gasteiger partial charge in [-0.05, 0) is 25.8 Å². The average molecular weight is 381 g/mol. The zero-order valence-corrected chi connectivity index (χ0v) is 15.5. The van der Waals surface area contributed by atoms with E-state index in [1.165, 1.54) is 19.3 Å². The lowest BCUT2D eigenvalue weighted by Crippen LogP contribution is -2.19. The van der Waals surface area contributed by atoms with Crippen LogP contribution in [0.2, 0.25) is 5.02 Å². The molecule has 1 aliphatic heterocycles. The highest BCUT2D eigenvalue weighted by molar-refractivity contribution is 6.33. The summed E-state index contributed by atoms with van der Waals surface area (Å²) in [5.41, 5.74) is 0.163. The number of cyclic esters (lactones) is 1. The zero-order valence-electron chi connectivity index (χ0n) is 14.7. The van der Waals surface area contributed by atoms with Gasteiger partial charge in [0.25, 0.3) is 0 Å². The molecule has 0 fully saturated rings. The molecule has 0 radical (unpaired) electrons. The second kappa shape index (κ2) is 8.85. The van der Waals surface area contributed by atoms with E-state index in [9.17, 15) is 19.5 Å². The highest BCUT2D eigenvalue weighted by Crippen LogP contribution is 2.37. The number of aromatic hydroxyl groups is 1. The van der Waals surface area contributed by atoms with Gasteiger partial charge in [-0.25, -0.2) is 4.79 Å². The minimum absolute atomic E-state index is 0.00675. The Labute approximate surface area is 156 Å². The van der Waals surface area contributed by atoms with Gasteiger partial charge >= 0.3 is 5.97 Å². The molecule has 0 saturated heterocycles. The van der Waals surface area contributed by atoms with Crippen molar-refractivity contribution in [3.8, 4) is 11.5 Å². The van der Waals surface area contributed by atoms with Crippen molar-refractivity contribution >= 4 is 29.1 Å². The van der Waals surface area contributed by atoms with Gasteiger partial charge in [0.2, 0.25) is 0 Å². The third kappa shape index (κ3) is 4.85. The fourth-order valence-corrected chi connectivity index (χ4v) is 2.92. The number of allylic oxidation sites excluding steroid dienone is 2. The Morgan fingerprint density at radius 1 is 1.27 bits per heavy atom. The van der Waals surface area contributed by atoms with Crippen LogP contribution in [0.25, 0.3) is 0 Å². The van der Waals surface area contributed by atoms with E-state index in [-0.39, 0.29) is 52.1 Å². The van der Waals surface area contributed by atoms with Crippen LogP contribution >= 0.6 is 11.6 Å². The topological polar surface area (TPSA) is 89.9 Å². The number of methoxy groups -OCH3 is 1. The molecule has 0 saturated carbocycles. The summed E-state index contributed by atoms with van der Waals surface area (Å²) < 4.78 is 10.6. The van der Waals surface area contributed by atoms with E-state index in [0.717, 1.165) is 0 Å². The fraction of sp³-hybridized carbons (Fsp3) is 0.421. The second-order valence-electron chi connectivity index (χ2n) is 6.14. The SMILES string of the molecule is COc1cc(O)c(Cl)c2c1C(=O)O[C@@H](C)CCC(=O)CCC=CC(=O)C2. The highest BCUT2D eigenvalue weighted by atomic mass is 35.5. The molecular formula is C19H21ClO6. The highest BCUT2D eigenvalue weighted by Gasteiger charge is 2.26. The van der Waals surface area contributed by atoms with Gasteiger partial charge in [0.1, 0.15) is 22.8 Å². The second-order valence-corrected chi connectivity index (χ2v) is 6.52. The monoisotopic (exact) mass is 380 g/mol. The molecule has 1 N–H and O–H groups in total. The number of phenolic OH excluding ortho intramolecular Hbond substituents is 1. The van der Waals surface area contributed by atoms with E-state index in [1.807, 2.05) is 0 Å². The van der Waals surface area contributed by atoms with Crippen molar-refractivity contribution in [2.75, 3.05) is 7.11 Å². The number of phenols is 1. The predicted molar refractivity (Wildman–Crippen MR) is 95.9 cm³/mol. The van der Waals surface area contributed by atoms with Crippen LogP contribution in [0.4, 0.5) is 0 Å². The minimum atomic E-state index is -0.715. The third-order valence-corrected chi connectivity index (χ3v) is 4.53. The molecular weight excluding hydrogens is 360 g/mol.